The van der Waals surface area contributed by atoms with Gasteiger partial charge >= 0.3 is 0 Å². The van der Waals surface area contributed by atoms with Crippen molar-refractivity contribution in [2.45, 2.75) is 31.6 Å². The molecule has 0 saturated heterocycles. The van der Waals surface area contributed by atoms with Crippen LogP contribution in [0.15, 0.2) is 0 Å². The highest BCUT2D eigenvalue weighted by molar-refractivity contribution is 7.99. The first-order chi connectivity index (χ1) is 6.31. The number of rotatable bonds is 9. The molecule has 2 N–H and O–H groups in total. The van der Waals surface area contributed by atoms with Crippen LogP contribution >= 0.6 is 11.8 Å². The molecule has 0 rings (SSSR count). The number of hydrogen-bond donors (Lipinski definition) is 2. The van der Waals surface area contributed by atoms with Crippen LogP contribution in [0, 0.1) is 0 Å². The van der Waals surface area contributed by atoms with Crippen LogP contribution in [0.3, 0.4) is 0 Å². The smallest absolute Gasteiger partial charge is 0.102 e. The maximum Gasteiger partial charge on any atom is 0.102 e. The van der Waals surface area contributed by atoms with Crippen LogP contribution in [0.2, 0.25) is 0 Å². The number of hydrogen-bond acceptors (Lipinski definition) is 4. The summed E-state index contributed by atoms with van der Waals surface area (Å²) in [6, 6.07) is 0. The molecule has 0 heterocycles. The van der Waals surface area contributed by atoms with Crippen molar-refractivity contribution in [1.29, 1.82) is 0 Å². The summed E-state index contributed by atoms with van der Waals surface area (Å²) in [5.74, 6) is 0.593. The van der Waals surface area contributed by atoms with Gasteiger partial charge in [-0.3, -0.25) is 0 Å². The number of ether oxygens (including phenoxy) is 1. The van der Waals surface area contributed by atoms with E-state index >= 15 is 0 Å². The largest absolute Gasteiger partial charge is 0.396 e. The SMILES string of the molecule is CCCCOCCC(O)SCCO. The summed E-state index contributed by atoms with van der Waals surface area (Å²) in [6.07, 6.45) is 2.87. The minimum atomic E-state index is -0.395. The fourth-order valence-electron chi connectivity index (χ4n) is 0.805. The highest BCUT2D eigenvalue weighted by Crippen LogP contribution is 2.10. The van der Waals surface area contributed by atoms with E-state index in [1.807, 2.05) is 0 Å². The molecule has 0 radical (unpaired) electrons. The molecule has 0 aliphatic heterocycles. The second-order valence-electron chi connectivity index (χ2n) is 2.80. The highest BCUT2D eigenvalue weighted by atomic mass is 32.2. The summed E-state index contributed by atoms with van der Waals surface area (Å²) < 4.78 is 5.29. The molecule has 80 valence electrons. The second kappa shape index (κ2) is 10.3. The van der Waals surface area contributed by atoms with E-state index in [0.29, 0.717) is 18.8 Å². The van der Waals surface area contributed by atoms with E-state index in [9.17, 15) is 5.11 Å². The maximum atomic E-state index is 9.31. The Morgan fingerprint density at radius 1 is 1.38 bits per heavy atom. The summed E-state index contributed by atoms with van der Waals surface area (Å²) in [5.41, 5.74) is -0.395. The van der Waals surface area contributed by atoms with Crippen LogP contribution < -0.4 is 0 Å². The van der Waals surface area contributed by atoms with Crippen LogP contribution in [-0.2, 0) is 4.74 Å². The van der Waals surface area contributed by atoms with Crippen LogP contribution in [0.5, 0.6) is 0 Å². The average Bonchev–Trinajstić information content (AvgIpc) is 2.14. The monoisotopic (exact) mass is 208 g/mol. The lowest BCUT2D eigenvalue weighted by Gasteiger charge is -2.09. The first-order valence-corrected chi connectivity index (χ1v) is 5.84. The Hall–Kier alpha value is 0.230. The van der Waals surface area contributed by atoms with E-state index < -0.39 is 5.44 Å². The van der Waals surface area contributed by atoms with Crippen LogP contribution in [0.25, 0.3) is 0 Å². The molecule has 0 spiro atoms. The predicted molar refractivity (Wildman–Crippen MR) is 55.9 cm³/mol. The Balaban J connectivity index is 3.03. The third kappa shape index (κ3) is 10.1. The van der Waals surface area contributed by atoms with E-state index in [4.69, 9.17) is 9.84 Å². The van der Waals surface area contributed by atoms with Gasteiger partial charge in [0.25, 0.3) is 0 Å². The minimum absolute atomic E-state index is 0.123. The Labute approximate surface area is 84.5 Å². The van der Waals surface area contributed by atoms with Gasteiger partial charge < -0.3 is 14.9 Å². The van der Waals surface area contributed by atoms with Gasteiger partial charge in [-0.25, -0.2) is 0 Å². The van der Waals surface area contributed by atoms with E-state index in [1.165, 1.54) is 11.8 Å². The first-order valence-electron chi connectivity index (χ1n) is 4.79. The van der Waals surface area contributed by atoms with Gasteiger partial charge in [0.1, 0.15) is 5.44 Å². The third-order valence-corrected chi connectivity index (χ3v) is 2.59. The van der Waals surface area contributed by atoms with Crippen molar-refractivity contribution >= 4 is 11.8 Å². The third-order valence-electron chi connectivity index (χ3n) is 1.55. The van der Waals surface area contributed by atoms with Crippen LogP contribution in [0.4, 0.5) is 0 Å². The van der Waals surface area contributed by atoms with E-state index in [-0.39, 0.29) is 6.61 Å². The molecule has 0 aliphatic carbocycles. The lowest BCUT2D eigenvalue weighted by Crippen LogP contribution is -2.08. The molecule has 0 bridgehead atoms. The fourth-order valence-corrected chi connectivity index (χ4v) is 1.45. The van der Waals surface area contributed by atoms with Crippen molar-refractivity contribution in [3.05, 3.63) is 0 Å². The topological polar surface area (TPSA) is 49.7 Å². The highest BCUT2D eigenvalue weighted by Gasteiger charge is 2.02. The number of thioether (sulfide) groups is 1. The van der Waals surface area contributed by atoms with Gasteiger partial charge in [-0.15, -0.1) is 11.8 Å². The van der Waals surface area contributed by atoms with Gasteiger partial charge in [-0.05, 0) is 6.42 Å². The summed E-state index contributed by atoms with van der Waals surface area (Å²) >= 11 is 1.37. The summed E-state index contributed by atoms with van der Waals surface area (Å²) in [6.45, 7) is 3.64. The molecule has 0 saturated carbocycles. The van der Waals surface area contributed by atoms with Gasteiger partial charge in [-0.1, -0.05) is 13.3 Å². The first kappa shape index (κ1) is 13.2. The van der Waals surface area contributed by atoms with Crippen molar-refractivity contribution < 1.29 is 14.9 Å². The van der Waals surface area contributed by atoms with Crippen molar-refractivity contribution in [3.63, 3.8) is 0 Å². The zero-order valence-corrected chi connectivity index (χ0v) is 9.05. The molecule has 0 amide bonds. The lowest BCUT2D eigenvalue weighted by molar-refractivity contribution is 0.107. The predicted octanol–water partition coefficient (Wildman–Crippen LogP) is 1.24. The zero-order valence-electron chi connectivity index (χ0n) is 8.24. The molecule has 4 heteroatoms. The maximum absolute atomic E-state index is 9.31. The van der Waals surface area contributed by atoms with Crippen molar-refractivity contribution in [1.82, 2.24) is 0 Å². The normalized spacial score (nSPS) is 13.2. The fraction of sp³-hybridized carbons (Fsp3) is 1.00. The van der Waals surface area contributed by atoms with E-state index in [1.54, 1.807) is 0 Å². The summed E-state index contributed by atoms with van der Waals surface area (Å²) in [4.78, 5) is 0. The molecule has 13 heavy (non-hydrogen) atoms. The molecular weight excluding hydrogens is 188 g/mol. The van der Waals surface area contributed by atoms with Crippen LogP contribution in [-0.4, -0.2) is 41.2 Å². The molecule has 0 aromatic heterocycles. The Morgan fingerprint density at radius 3 is 2.77 bits per heavy atom. The Kier molecular flexibility index (Phi) is 10.5. The summed E-state index contributed by atoms with van der Waals surface area (Å²) in [5, 5.41) is 17.8. The Bertz CT molecular complexity index is 101. The average molecular weight is 208 g/mol. The molecule has 1 atom stereocenters. The second-order valence-corrected chi connectivity index (χ2v) is 4.09. The number of aliphatic hydroxyl groups excluding tert-OH is 2. The van der Waals surface area contributed by atoms with Crippen LogP contribution in [0.1, 0.15) is 26.2 Å². The van der Waals surface area contributed by atoms with Crippen molar-refractivity contribution in [2.24, 2.45) is 0 Å². The summed E-state index contributed by atoms with van der Waals surface area (Å²) in [7, 11) is 0. The van der Waals surface area contributed by atoms with Gasteiger partial charge in [0.2, 0.25) is 0 Å². The minimum Gasteiger partial charge on any atom is -0.396 e. The lowest BCUT2D eigenvalue weighted by atomic mass is 10.4. The van der Waals surface area contributed by atoms with Gasteiger partial charge in [0.15, 0.2) is 0 Å². The molecule has 0 fully saturated rings. The molecule has 0 aromatic carbocycles. The standard InChI is InChI=1S/C9H20O3S/c1-2-3-6-12-7-4-9(11)13-8-5-10/h9-11H,2-8H2,1H3. The van der Waals surface area contributed by atoms with E-state index in [0.717, 1.165) is 19.4 Å². The number of aliphatic hydroxyl groups is 2. The molecular formula is C9H20O3S. The Morgan fingerprint density at radius 2 is 2.15 bits per heavy atom. The van der Waals surface area contributed by atoms with Gasteiger partial charge in [-0.2, -0.15) is 0 Å². The zero-order chi connectivity index (χ0) is 9.94. The molecule has 3 nitrogen and oxygen atoms in total. The van der Waals surface area contributed by atoms with E-state index in [2.05, 4.69) is 6.92 Å². The molecule has 1 unspecified atom stereocenters. The number of unbranched alkanes of at least 4 members (excludes halogenated alkanes) is 1. The van der Waals surface area contributed by atoms with Gasteiger partial charge in [0.05, 0.1) is 6.61 Å². The quantitative estimate of drug-likeness (QED) is 0.442. The van der Waals surface area contributed by atoms with Crippen molar-refractivity contribution in [2.75, 3.05) is 25.6 Å². The van der Waals surface area contributed by atoms with Crippen molar-refractivity contribution in [3.8, 4) is 0 Å². The van der Waals surface area contributed by atoms with Gasteiger partial charge in [0, 0.05) is 25.4 Å². The molecule has 0 aliphatic rings. The molecule has 0 aromatic rings.